The van der Waals surface area contributed by atoms with E-state index in [-0.39, 0.29) is 18.9 Å². The van der Waals surface area contributed by atoms with Crippen LogP contribution in [-0.4, -0.2) is 30.1 Å². The molecule has 0 aliphatic carbocycles. The van der Waals surface area contributed by atoms with Crippen LogP contribution in [0.4, 0.5) is 13.2 Å². The summed E-state index contributed by atoms with van der Waals surface area (Å²) in [6, 6.07) is 13.8. The molecule has 1 unspecified atom stereocenters. The van der Waals surface area contributed by atoms with Gasteiger partial charge in [-0.2, -0.15) is 13.2 Å². The van der Waals surface area contributed by atoms with Crippen molar-refractivity contribution in [2.24, 2.45) is 5.92 Å². The van der Waals surface area contributed by atoms with Crippen LogP contribution in [0.15, 0.2) is 53.0 Å². The van der Waals surface area contributed by atoms with E-state index >= 15 is 0 Å². The Balaban J connectivity index is 1.68. The van der Waals surface area contributed by atoms with Crippen LogP contribution in [0.1, 0.15) is 23.2 Å². The smallest absolute Gasteiger partial charge is 0.393 e. The predicted molar refractivity (Wildman–Crippen MR) is 95.3 cm³/mol. The third-order valence-electron chi connectivity index (χ3n) is 4.34. The zero-order valence-corrected chi connectivity index (χ0v) is 15.4. The second kappa shape index (κ2) is 7.70. The molecule has 1 aliphatic rings. The van der Waals surface area contributed by atoms with Crippen molar-refractivity contribution in [1.29, 1.82) is 0 Å². The van der Waals surface area contributed by atoms with E-state index in [0.717, 1.165) is 4.47 Å². The van der Waals surface area contributed by atoms with Crippen molar-refractivity contribution in [1.82, 2.24) is 4.90 Å². The first kappa shape index (κ1) is 18.8. The highest BCUT2D eigenvalue weighted by Gasteiger charge is 2.42. The van der Waals surface area contributed by atoms with Gasteiger partial charge in [0.25, 0.3) is 5.91 Å². The number of nitrogens with zero attached hydrogens (tertiary/aromatic N) is 1. The van der Waals surface area contributed by atoms with Crippen LogP contribution in [0, 0.1) is 5.92 Å². The number of carbonyl (C=O) groups excluding carboxylic acids is 1. The Morgan fingerprint density at radius 3 is 2.46 bits per heavy atom. The van der Waals surface area contributed by atoms with Crippen LogP contribution < -0.4 is 4.74 Å². The molecule has 1 heterocycles. The van der Waals surface area contributed by atoms with Crippen LogP contribution in [0.25, 0.3) is 0 Å². The van der Waals surface area contributed by atoms with Gasteiger partial charge in [-0.15, -0.1) is 0 Å². The first-order valence-electron chi connectivity index (χ1n) is 8.23. The fraction of sp³-hybridized carbons (Fsp3) is 0.316. The summed E-state index contributed by atoms with van der Waals surface area (Å²) in [5, 5.41) is 0. The van der Waals surface area contributed by atoms with E-state index < -0.39 is 12.1 Å². The number of piperidine rings is 1. The topological polar surface area (TPSA) is 29.5 Å². The second-order valence-electron chi connectivity index (χ2n) is 6.19. The quantitative estimate of drug-likeness (QED) is 0.632. The lowest BCUT2D eigenvalue weighted by molar-refractivity contribution is -0.184. The van der Waals surface area contributed by atoms with E-state index in [1.165, 1.54) is 4.90 Å². The maximum Gasteiger partial charge on any atom is 0.393 e. The minimum absolute atomic E-state index is 0.0754. The Kier molecular flexibility index (Phi) is 5.55. The molecule has 0 aromatic heterocycles. The third kappa shape index (κ3) is 4.38. The molecule has 0 radical (unpaired) electrons. The van der Waals surface area contributed by atoms with Gasteiger partial charge in [0.1, 0.15) is 11.5 Å². The highest BCUT2D eigenvalue weighted by atomic mass is 79.9. The lowest BCUT2D eigenvalue weighted by Gasteiger charge is -2.33. The van der Waals surface area contributed by atoms with Gasteiger partial charge >= 0.3 is 6.18 Å². The predicted octanol–water partition coefficient (Wildman–Crippen LogP) is 5.66. The molecule has 1 fully saturated rings. The molecular formula is C19H17BrF3NO2. The van der Waals surface area contributed by atoms with Gasteiger partial charge < -0.3 is 9.64 Å². The summed E-state index contributed by atoms with van der Waals surface area (Å²) in [5.74, 6) is -0.652. The maximum absolute atomic E-state index is 12.9. The molecule has 1 atom stereocenters. The van der Waals surface area contributed by atoms with Crippen LogP contribution >= 0.6 is 15.9 Å². The maximum atomic E-state index is 12.9. The van der Waals surface area contributed by atoms with Crippen molar-refractivity contribution in [2.75, 3.05) is 13.1 Å². The average molecular weight is 428 g/mol. The SMILES string of the molecule is O=C(c1ccc(Oc2ccccc2Br)cc1)N1CCCC(C(F)(F)F)C1. The number of halogens is 4. The van der Waals surface area contributed by atoms with Crippen LogP contribution in [0.3, 0.4) is 0 Å². The summed E-state index contributed by atoms with van der Waals surface area (Å²) in [5.41, 5.74) is 0.354. The van der Waals surface area contributed by atoms with Gasteiger partial charge in [0.15, 0.2) is 0 Å². The Hall–Kier alpha value is -2.02. The highest BCUT2D eigenvalue weighted by molar-refractivity contribution is 9.10. The molecule has 7 heteroatoms. The third-order valence-corrected chi connectivity index (χ3v) is 4.99. The van der Waals surface area contributed by atoms with E-state index in [2.05, 4.69) is 15.9 Å². The first-order valence-corrected chi connectivity index (χ1v) is 9.02. The molecule has 0 saturated carbocycles. The molecular weight excluding hydrogens is 411 g/mol. The number of likely N-dealkylation sites (tertiary alicyclic amines) is 1. The number of alkyl halides is 3. The molecule has 2 aromatic rings. The Morgan fingerprint density at radius 2 is 1.81 bits per heavy atom. The molecule has 26 heavy (non-hydrogen) atoms. The Labute approximate surface area is 157 Å². The van der Waals surface area contributed by atoms with Gasteiger partial charge in [0.05, 0.1) is 10.4 Å². The summed E-state index contributed by atoms with van der Waals surface area (Å²) in [4.78, 5) is 13.8. The summed E-state index contributed by atoms with van der Waals surface area (Å²) < 4.78 is 45.3. The fourth-order valence-electron chi connectivity index (χ4n) is 2.93. The molecule has 0 spiro atoms. The fourth-order valence-corrected chi connectivity index (χ4v) is 3.30. The number of rotatable bonds is 3. The molecule has 1 aliphatic heterocycles. The molecule has 3 nitrogen and oxygen atoms in total. The largest absolute Gasteiger partial charge is 0.456 e. The molecule has 1 amide bonds. The van der Waals surface area contributed by atoms with E-state index in [1.807, 2.05) is 18.2 Å². The number of amides is 1. The van der Waals surface area contributed by atoms with Crippen molar-refractivity contribution >= 4 is 21.8 Å². The first-order chi connectivity index (χ1) is 12.3. The zero-order chi connectivity index (χ0) is 18.7. The monoisotopic (exact) mass is 427 g/mol. The van der Waals surface area contributed by atoms with Gasteiger partial charge in [-0.1, -0.05) is 12.1 Å². The van der Waals surface area contributed by atoms with Gasteiger partial charge in [0, 0.05) is 18.7 Å². The normalized spacial score (nSPS) is 17.8. The van der Waals surface area contributed by atoms with Crippen LogP contribution in [-0.2, 0) is 0 Å². The van der Waals surface area contributed by atoms with Gasteiger partial charge in [-0.25, -0.2) is 0 Å². The number of hydrogen-bond donors (Lipinski definition) is 0. The van der Waals surface area contributed by atoms with Crippen molar-refractivity contribution in [3.8, 4) is 11.5 Å². The number of ether oxygens (including phenoxy) is 1. The number of para-hydroxylation sites is 1. The van der Waals surface area contributed by atoms with Crippen molar-refractivity contribution < 1.29 is 22.7 Å². The standard InChI is InChI=1S/C19H17BrF3NO2/c20-16-5-1-2-6-17(16)26-15-9-7-13(8-10-15)18(25)24-11-3-4-14(12-24)19(21,22)23/h1-2,5-10,14H,3-4,11-12H2. The number of hydrogen-bond acceptors (Lipinski definition) is 2. The average Bonchev–Trinajstić information content (AvgIpc) is 2.63. The van der Waals surface area contributed by atoms with E-state index in [0.29, 0.717) is 30.0 Å². The highest BCUT2D eigenvalue weighted by Crippen LogP contribution is 2.34. The summed E-state index contributed by atoms with van der Waals surface area (Å²) >= 11 is 3.39. The number of benzene rings is 2. The lowest BCUT2D eigenvalue weighted by Crippen LogP contribution is -2.44. The van der Waals surface area contributed by atoms with Gasteiger partial charge in [-0.05, 0) is 65.2 Å². The van der Waals surface area contributed by atoms with Gasteiger partial charge in [-0.3, -0.25) is 4.79 Å². The molecule has 2 aromatic carbocycles. The summed E-state index contributed by atoms with van der Waals surface area (Å²) in [7, 11) is 0. The van der Waals surface area contributed by atoms with Crippen LogP contribution in [0.5, 0.6) is 11.5 Å². The molecule has 138 valence electrons. The van der Waals surface area contributed by atoms with Crippen molar-refractivity contribution in [3.05, 3.63) is 58.6 Å². The van der Waals surface area contributed by atoms with E-state index in [4.69, 9.17) is 4.74 Å². The lowest BCUT2D eigenvalue weighted by atomic mass is 9.97. The minimum Gasteiger partial charge on any atom is -0.456 e. The molecule has 1 saturated heterocycles. The molecule has 3 rings (SSSR count). The summed E-state index contributed by atoms with van der Waals surface area (Å²) in [6.45, 7) is 0.0676. The van der Waals surface area contributed by atoms with E-state index in [9.17, 15) is 18.0 Å². The van der Waals surface area contributed by atoms with E-state index in [1.54, 1.807) is 30.3 Å². The van der Waals surface area contributed by atoms with Gasteiger partial charge in [0.2, 0.25) is 0 Å². The van der Waals surface area contributed by atoms with Crippen molar-refractivity contribution in [3.63, 3.8) is 0 Å². The molecule has 0 N–H and O–H groups in total. The molecule has 0 bridgehead atoms. The van der Waals surface area contributed by atoms with Crippen LogP contribution in [0.2, 0.25) is 0 Å². The second-order valence-corrected chi connectivity index (χ2v) is 7.04. The Morgan fingerprint density at radius 1 is 1.12 bits per heavy atom. The number of carbonyl (C=O) groups is 1. The minimum atomic E-state index is -4.26. The Bertz CT molecular complexity index is 777. The zero-order valence-electron chi connectivity index (χ0n) is 13.8. The van der Waals surface area contributed by atoms with Crippen molar-refractivity contribution in [2.45, 2.75) is 19.0 Å². The summed E-state index contributed by atoms with van der Waals surface area (Å²) in [6.07, 6.45) is -3.83.